The zero-order valence-corrected chi connectivity index (χ0v) is 16.9. The summed E-state index contributed by atoms with van der Waals surface area (Å²) in [5, 5.41) is 7.32. The van der Waals surface area contributed by atoms with Crippen molar-refractivity contribution in [1.29, 1.82) is 0 Å². The molecular formula is C21H29N5O2. The minimum atomic E-state index is -0.0199. The molecule has 1 N–H and O–H groups in total. The SMILES string of the molecule is Cc1nn(C)c(C)c1CCC(=O)N1CCN(CC(=O)Nc2ccccc2)CC1. The first-order chi connectivity index (χ1) is 13.4. The van der Waals surface area contributed by atoms with Crippen molar-refractivity contribution in [3.63, 3.8) is 0 Å². The molecule has 1 aromatic carbocycles. The molecule has 2 aromatic rings. The lowest BCUT2D eigenvalue weighted by Crippen LogP contribution is -2.50. The maximum Gasteiger partial charge on any atom is 0.238 e. The third-order valence-electron chi connectivity index (χ3n) is 5.40. The van der Waals surface area contributed by atoms with Gasteiger partial charge >= 0.3 is 0 Å². The molecule has 0 spiro atoms. The van der Waals surface area contributed by atoms with E-state index in [1.165, 1.54) is 5.56 Å². The maximum atomic E-state index is 12.6. The highest BCUT2D eigenvalue weighted by Crippen LogP contribution is 2.15. The van der Waals surface area contributed by atoms with Crippen molar-refractivity contribution in [3.05, 3.63) is 47.3 Å². The Hall–Kier alpha value is -2.67. The van der Waals surface area contributed by atoms with Crippen LogP contribution in [0.5, 0.6) is 0 Å². The summed E-state index contributed by atoms with van der Waals surface area (Å²) in [4.78, 5) is 28.8. The second-order valence-electron chi connectivity index (χ2n) is 7.34. The van der Waals surface area contributed by atoms with Crippen LogP contribution in [0.25, 0.3) is 0 Å². The van der Waals surface area contributed by atoms with E-state index in [0.717, 1.165) is 36.6 Å². The minimum absolute atomic E-state index is 0.0199. The molecule has 0 aliphatic carbocycles. The molecule has 0 unspecified atom stereocenters. The van der Waals surface area contributed by atoms with Crippen LogP contribution >= 0.6 is 0 Å². The molecular weight excluding hydrogens is 354 g/mol. The summed E-state index contributed by atoms with van der Waals surface area (Å²) < 4.78 is 1.87. The minimum Gasteiger partial charge on any atom is -0.340 e. The van der Waals surface area contributed by atoms with Crippen LogP contribution < -0.4 is 5.32 Å². The van der Waals surface area contributed by atoms with Crippen LogP contribution in [0.15, 0.2) is 30.3 Å². The highest BCUT2D eigenvalue weighted by molar-refractivity contribution is 5.92. The molecule has 0 atom stereocenters. The normalized spacial score (nSPS) is 14.9. The number of anilines is 1. The standard InChI is InChI=1S/C21H29N5O2/c1-16-19(17(2)24(3)23-16)9-10-21(28)26-13-11-25(12-14-26)15-20(27)22-18-7-5-4-6-8-18/h4-8H,9-15H2,1-3H3,(H,22,27). The molecule has 0 saturated carbocycles. The van der Waals surface area contributed by atoms with E-state index < -0.39 is 0 Å². The largest absolute Gasteiger partial charge is 0.340 e. The molecule has 1 aromatic heterocycles. The zero-order chi connectivity index (χ0) is 20.1. The number of carbonyl (C=O) groups is 2. The fourth-order valence-corrected chi connectivity index (χ4v) is 3.65. The summed E-state index contributed by atoms with van der Waals surface area (Å²) >= 11 is 0. The number of para-hydroxylation sites is 1. The van der Waals surface area contributed by atoms with E-state index in [4.69, 9.17) is 0 Å². The number of piperazine rings is 1. The van der Waals surface area contributed by atoms with E-state index in [0.29, 0.717) is 26.1 Å². The molecule has 1 aliphatic rings. The number of benzene rings is 1. The van der Waals surface area contributed by atoms with Crippen molar-refractivity contribution in [2.24, 2.45) is 7.05 Å². The molecule has 2 amide bonds. The average Bonchev–Trinajstić information content (AvgIpc) is 2.92. The molecule has 7 nitrogen and oxygen atoms in total. The van der Waals surface area contributed by atoms with Crippen molar-refractivity contribution in [2.45, 2.75) is 26.7 Å². The summed E-state index contributed by atoms with van der Waals surface area (Å²) in [6.07, 6.45) is 1.23. The lowest BCUT2D eigenvalue weighted by Gasteiger charge is -2.34. The van der Waals surface area contributed by atoms with E-state index >= 15 is 0 Å². The fourth-order valence-electron chi connectivity index (χ4n) is 3.65. The molecule has 1 saturated heterocycles. The molecule has 1 fully saturated rings. The number of amides is 2. The first-order valence-electron chi connectivity index (χ1n) is 9.78. The second-order valence-corrected chi connectivity index (χ2v) is 7.34. The Morgan fingerprint density at radius 3 is 2.36 bits per heavy atom. The fraction of sp³-hybridized carbons (Fsp3) is 0.476. The van der Waals surface area contributed by atoms with Crippen molar-refractivity contribution in [1.82, 2.24) is 19.6 Å². The van der Waals surface area contributed by atoms with Crippen LogP contribution in [0.3, 0.4) is 0 Å². The van der Waals surface area contributed by atoms with Crippen LogP contribution in [-0.4, -0.2) is 64.1 Å². The highest BCUT2D eigenvalue weighted by atomic mass is 16.2. The van der Waals surface area contributed by atoms with Gasteiger partial charge in [-0.25, -0.2) is 0 Å². The van der Waals surface area contributed by atoms with Gasteiger partial charge < -0.3 is 10.2 Å². The number of aryl methyl sites for hydroxylation is 2. The molecule has 7 heteroatoms. The van der Waals surface area contributed by atoms with Gasteiger partial charge in [-0.3, -0.25) is 19.2 Å². The third-order valence-corrected chi connectivity index (χ3v) is 5.40. The first-order valence-corrected chi connectivity index (χ1v) is 9.78. The van der Waals surface area contributed by atoms with E-state index in [-0.39, 0.29) is 11.8 Å². The summed E-state index contributed by atoms with van der Waals surface area (Å²) in [5.41, 5.74) is 4.11. The quantitative estimate of drug-likeness (QED) is 0.825. The highest BCUT2D eigenvalue weighted by Gasteiger charge is 2.23. The van der Waals surface area contributed by atoms with Crippen molar-refractivity contribution >= 4 is 17.5 Å². The van der Waals surface area contributed by atoms with Crippen LogP contribution in [-0.2, 0) is 23.1 Å². The topological polar surface area (TPSA) is 70.5 Å². The van der Waals surface area contributed by atoms with Gasteiger partial charge in [-0.05, 0) is 38.0 Å². The molecule has 0 bridgehead atoms. The Balaban J connectivity index is 1.42. The second kappa shape index (κ2) is 9.01. The van der Waals surface area contributed by atoms with Gasteiger partial charge in [0.05, 0.1) is 12.2 Å². The number of rotatable bonds is 6. The Labute approximate surface area is 166 Å². The molecule has 28 heavy (non-hydrogen) atoms. The predicted octanol–water partition coefficient (Wildman–Crippen LogP) is 1.75. The van der Waals surface area contributed by atoms with Crippen molar-refractivity contribution in [3.8, 4) is 0 Å². The summed E-state index contributed by atoms with van der Waals surface area (Å²) in [5.74, 6) is 0.157. The summed E-state index contributed by atoms with van der Waals surface area (Å²) in [7, 11) is 1.93. The molecule has 150 valence electrons. The Morgan fingerprint density at radius 1 is 1.07 bits per heavy atom. The van der Waals surface area contributed by atoms with Gasteiger partial charge in [0.1, 0.15) is 0 Å². The van der Waals surface area contributed by atoms with Gasteiger partial charge in [0.25, 0.3) is 0 Å². The Morgan fingerprint density at radius 2 is 1.75 bits per heavy atom. The van der Waals surface area contributed by atoms with Crippen molar-refractivity contribution in [2.75, 3.05) is 38.0 Å². The molecule has 3 rings (SSSR count). The predicted molar refractivity (Wildman–Crippen MR) is 109 cm³/mol. The number of carbonyl (C=O) groups excluding carboxylic acids is 2. The Bertz CT molecular complexity index is 823. The van der Waals surface area contributed by atoms with E-state index in [2.05, 4.69) is 15.3 Å². The van der Waals surface area contributed by atoms with E-state index in [9.17, 15) is 9.59 Å². The number of hydrogen-bond donors (Lipinski definition) is 1. The summed E-state index contributed by atoms with van der Waals surface area (Å²) in [6.45, 7) is 7.17. The Kier molecular flexibility index (Phi) is 6.46. The molecule has 1 aliphatic heterocycles. The van der Waals surface area contributed by atoms with Gasteiger partial charge in [-0.1, -0.05) is 18.2 Å². The maximum absolute atomic E-state index is 12.6. The van der Waals surface area contributed by atoms with Crippen LogP contribution in [0.2, 0.25) is 0 Å². The average molecular weight is 383 g/mol. The number of nitrogens with zero attached hydrogens (tertiary/aromatic N) is 4. The number of hydrogen-bond acceptors (Lipinski definition) is 4. The van der Waals surface area contributed by atoms with Crippen LogP contribution in [0.4, 0.5) is 5.69 Å². The zero-order valence-electron chi connectivity index (χ0n) is 16.9. The summed E-state index contributed by atoms with van der Waals surface area (Å²) in [6, 6.07) is 9.46. The van der Waals surface area contributed by atoms with Gasteiger partial charge in [0.2, 0.25) is 11.8 Å². The van der Waals surface area contributed by atoms with Crippen molar-refractivity contribution < 1.29 is 9.59 Å². The third kappa shape index (κ3) is 4.98. The van der Waals surface area contributed by atoms with E-state index in [1.807, 2.05) is 60.8 Å². The monoisotopic (exact) mass is 383 g/mol. The smallest absolute Gasteiger partial charge is 0.238 e. The lowest BCUT2D eigenvalue weighted by molar-refractivity contribution is -0.133. The number of aromatic nitrogens is 2. The van der Waals surface area contributed by atoms with Gasteiger partial charge in [0.15, 0.2) is 0 Å². The number of nitrogens with one attached hydrogen (secondary N) is 1. The van der Waals surface area contributed by atoms with Gasteiger partial charge in [0, 0.05) is 51.0 Å². The molecule has 2 heterocycles. The van der Waals surface area contributed by atoms with Gasteiger partial charge in [-0.2, -0.15) is 5.10 Å². The molecule has 0 radical (unpaired) electrons. The van der Waals surface area contributed by atoms with Crippen LogP contribution in [0, 0.1) is 13.8 Å². The lowest BCUT2D eigenvalue weighted by atomic mass is 10.1. The van der Waals surface area contributed by atoms with E-state index in [1.54, 1.807) is 0 Å². The van der Waals surface area contributed by atoms with Crippen LogP contribution in [0.1, 0.15) is 23.4 Å². The first kappa shape index (κ1) is 20.1. The van der Waals surface area contributed by atoms with Gasteiger partial charge in [-0.15, -0.1) is 0 Å².